The monoisotopic (exact) mass is 493 g/mol. The van der Waals surface area contributed by atoms with Gasteiger partial charge >= 0.3 is 12.1 Å². The van der Waals surface area contributed by atoms with E-state index < -0.39 is 12.1 Å². The van der Waals surface area contributed by atoms with Crippen molar-refractivity contribution in [3.63, 3.8) is 0 Å². The minimum absolute atomic E-state index is 0.0199. The Morgan fingerprint density at radius 1 is 1.23 bits per heavy atom. The molecule has 0 aliphatic carbocycles. The lowest BCUT2D eigenvalue weighted by Gasteiger charge is -2.34. The number of nitrogens with zero attached hydrogens (tertiary/aromatic N) is 3. The van der Waals surface area contributed by atoms with Crippen molar-refractivity contribution in [3.05, 3.63) is 53.6 Å². The molecule has 1 unspecified atom stereocenters. The number of carboxylic acids is 1. The van der Waals surface area contributed by atoms with Crippen LogP contribution in [-0.4, -0.2) is 64.4 Å². The highest BCUT2D eigenvalue weighted by Crippen LogP contribution is 2.23. The van der Waals surface area contributed by atoms with E-state index in [0.29, 0.717) is 24.6 Å². The fraction of sp³-hybridized carbons (Fsp3) is 0.348. The number of amides is 1. The molecule has 4 rings (SSSR count). The van der Waals surface area contributed by atoms with Gasteiger partial charge in [0.05, 0.1) is 18.1 Å². The molecule has 12 heteroatoms. The molecule has 188 valence electrons. The first-order chi connectivity index (χ1) is 16.5. The third-order valence-corrected chi connectivity index (χ3v) is 5.56. The zero-order chi connectivity index (χ0) is 25.8. The Labute approximate surface area is 199 Å². The van der Waals surface area contributed by atoms with Crippen molar-refractivity contribution < 1.29 is 32.6 Å². The van der Waals surface area contributed by atoms with Gasteiger partial charge in [-0.15, -0.1) is 0 Å². The van der Waals surface area contributed by atoms with Gasteiger partial charge in [-0.2, -0.15) is 13.2 Å². The van der Waals surface area contributed by atoms with Crippen LogP contribution in [0.1, 0.15) is 28.9 Å². The number of ether oxygens (including phenoxy) is 1. The number of anilines is 1. The molecular formula is C23H26F3N5O4. The molecule has 9 nitrogen and oxygen atoms in total. The number of carboxylic acid groups (broad SMARTS) is 1. The summed E-state index contributed by atoms with van der Waals surface area (Å²) < 4.78 is 38.9. The van der Waals surface area contributed by atoms with Gasteiger partial charge in [0, 0.05) is 37.8 Å². The number of hydrogen-bond acceptors (Lipinski definition) is 6. The Morgan fingerprint density at radius 3 is 2.46 bits per heavy atom. The van der Waals surface area contributed by atoms with Gasteiger partial charge in [0.1, 0.15) is 5.75 Å². The number of methoxy groups -OCH3 is 1. The summed E-state index contributed by atoms with van der Waals surface area (Å²) in [6.07, 6.45) is -5.08. The van der Waals surface area contributed by atoms with Crippen LogP contribution in [0.25, 0.3) is 11.0 Å². The first-order valence-corrected chi connectivity index (χ1v) is 10.8. The second-order valence-electron chi connectivity index (χ2n) is 7.75. The van der Waals surface area contributed by atoms with Crippen LogP contribution in [0.5, 0.6) is 5.75 Å². The quantitative estimate of drug-likeness (QED) is 0.511. The Hall–Kier alpha value is -3.80. The van der Waals surface area contributed by atoms with Crippen molar-refractivity contribution in [1.82, 2.24) is 19.8 Å². The molecule has 0 bridgehead atoms. The first-order valence-electron chi connectivity index (χ1n) is 10.8. The second kappa shape index (κ2) is 10.6. The van der Waals surface area contributed by atoms with Crippen LogP contribution in [0, 0.1) is 0 Å². The number of carbonyl (C=O) groups is 2. The highest BCUT2D eigenvalue weighted by atomic mass is 19.4. The smallest absolute Gasteiger partial charge is 0.490 e. The number of nitrogens with one attached hydrogen (secondary N) is 1. The fourth-order valence-electron chi connectivity index (χ4n) is 3.79. The highest BCUT2D eigenvalue weighted by molar-refractivity contribution is 5.97. The lowest BCUT2D eigenvalue weighted by atomic mass is 10.0. The van der Waals surface area contributed by atoms with Gasteiger partial charge in [0.15, 0.2) is 0 Å². The molecule has 1 saturated heterocycles. The lowest BCUT2D eigenvalue weighted by molar-refractivity contribution is -0.192. The normalized spacial score (nSPS) is 15.9. The van der Waals surface area contributed by atoms with Crippen LogP contribution >= 0.6 is 0 Å². The van der Waals surface area contributed by atoms with E-state index in [1.54, 1.807) is 7.11 Å². The van der Waals surface area contributed by atoms with Gasteiger partial charge in [0.25, 0.3) is 5.91 Å². The lowest BCUT2D eigenvalue weighted by Crippen LogP contribution is -2.48. The molecular weight excluding hydrogens is 467 g/mol. The number of piperazine rings is 1. The minimum Gasteiger partial charge on any atom is -0.497 e. The van der Waals surface area contributed by atoms with E-state index in [1.807, 2.05) is 58.9 Å². The number of benzene rings is 2. The van der Waals surface area contributed by atoms with E-state index >= 15 is 0 Å². The standard InChI is InChI=1S/C21H25N5O2.C2HF3O2/c1-3-26-19-9-6-15(12-17(19)24-21(26)22)20(27)25-11-10-23-18(13-25)14-4-7-16(28-2)8-5-14;3-2(4,5)1(6)7/h4-9,12,18,23H,3,10-11,13H2,1-2H3,(H2,22,24);(H,6,7). The van der Waals surface area contributed by atoms with Crippen LogP contribution in [0.3, 0.4) is 0 Å². The maximum atomic E-state index is 13.1. The van der Waals surface area contributed by atoms with Crippen molar-refractivity contribution in [2.24, 2.45) is 0 Å². The number of carbonyl (C=O) groups excluding carboxylic acids is 1. The molecule has 35 heavy (non-hydrogen) atoms. The minimum atomic E-state index is -5.08. The molecule has 3 aromatic rings. The average Bonchev–Trinajstić information content (AvgIpc) is 3.17. The maximum Gasteiger partial charge on any atom is 0.490 e. The number of nitrogens with two attached hydrogens (primary N) is 1. The van der Waals surface area contributed by atoms with Gasteiger partial charge in [-0.3, -0.25) is 4.79 Å². The van der Waals surface area contributed by atoms with Crippen LogP contribution < -0.4 is 15.8 Å². The van der Waals surface area contributed by atoms with E-state index in [9.17, 15) is 18.0 Å². The average molecular weight is 493 g/mol. The van der Waals surface area contributed by atoms with Crippen molar-refractivity contribution in [2.75, 3.05) is 32.5 Å². The van der Waals surface area contributed by atoms with Crippen LogP contribution in [0.2, 0.25) is 0 Å². The Kier molecular flexibility index (Phi) is 7.85. The molecule has 1 aromatic heterocycles. The molecule has 0 saturated carbocycles. The number of aliphatic carboxylic acids is 1. The van der Waals surface area contributed by atoms with Gasteiger partial charge in [-0.1, -0.05) is 12.1 Å². The van der Waals surface area contributed by atoms with Crippen molar-refractivity contribution in [3.8, 4) is 5.75 Å². The van der Waals surface area contributed by atoms with Crippen molar-refractivity contribution in [2.45, 2.75) is 25.7 Å². The fourth-order valence-corrected chi connectivity index (χ4v) is 3.79. The molecule has 1 atom stereocenters. The summed E-state index contributed by atoms with van der Waals surface area (Å²) in [6, 6.07) is 13.7. The molecule has 1 aliphatic heterocycles. The largest absolute Gasteiger partial charge is 0.497 e. The molecule has 2 heterocycles. The van der Waals surface area contributed by atoms with Crippen molar-refractivity contribution in [1.29, 1.82) is 0 Å². The Balaban J connectivity index is 0.000000429. The van der Waals surface area contributed by atoms with Gasteiger partial charge < -0.3 is 30.4 Å². The molecule has 1 aliphatic rings. The highest BCUT2D eigenvalue weighted by Gasteiger charge is 2.38. The maximum absolute atomic E-state index is 13.1. The van der Waals surface area contributed by atoms with Gasteiger partial charge in [0.2, 0.25) is 5.95 Å². The van der Waals surface area contributed by atoms with E-state index in [4.69, 9.17) is 20.4 Å². The summed E-state index contributed by atoms with van der Waals surface area (Å²) in [5.41, 5.74) is 9.47. The van der Waals surface area contributed by atoms with E-state index in [2.05, 4.69) is 10.3 Å². The zero-order valence-electron chi connectivity index (χ0n) is 19.2. The predicted octanol–water partition coefficient (Wildman–Crippen LogP) is 3.07. The Morgan fingerprint density at radius 2 is 1.89 bits per heavy atom. The third-order valence-electron chi connectivity index (χ3n) is 5.56. The number of aryl methyl sites for hydroxylation is 1. The number of hydrogen-bond donors (Lipinski definition) is 3. The van der Waals surface area contributed by atoms with Gasteiger partial charge in [-0.25, -0.2) is 9.78 Å². The van der Waals surface area contributed by atoms with E-state index in [1.165, 1.54) is 0 Å². The molecule has 4 N–H and O–H groups in total. The molecule has 0 radical (unpaired) electrons. The van der Waals surface area contributed by atoms with Crippen molar-refractivity contribution >= 4 is 28.9 Å². The summed E-state index contributed by atoms with van der Waals surface area (Å²) in [5.74, 6) is -1.44. The van der Waals surface area contributed by atoms with Crippen LogP contribution in [0.15, 0.2) is 42.5 Å². The van der Waals surface area contributed by atoms with Gasteiger partial charge in [-0.05, 0) is 42.8 Å². The number of halogens is 3. The Bertz CT molecular complexity index is 1190. The number of aromatic nitrogens is 2. The summed E-state index contributed by atoms with van der Waals surface area (Å²) in [4.78, 5) is 28.3. The first kappa shape index (κ1) is 25.8. The number of alkyl halides is 3. The predicted molar refractivity (Wildman–Crippen MR) is 123 cm³/mol. The summed E-state index contributed by atoms with van der Waals surface area (Å²) >= 11 is 0. The number of imidazole rings is 1. The van der Waals surface area contributed by atoms with E-state index in [-0.39, 0.29) is 11.9 Å². The summed E-state index contributed by atoms with van der Waals surface area (Å²) in [7, 11) is 1.66. The molecule has 1 fully saturated rings. The number of rotatable bonds is 4. The summed E-state index contributed by atoms with van der Waals surface area (Å²) in [5, 5.41) is 10.6. The SMILES string of the molecule is CCn1c(N)nc2cc(C(=O)N3CCNC(c4ccc(OC)cc4)C3)ccc21.O=C(O)C(F)(F)F. The van der Waals surface area contributed by atoms with E-state index in [0.717, 1.165) is 35.4 Å². The third kappa shape index (κ3) is 6.01. The number of fused-ring (bicyclic) bond motifs is 1. The molecule has 0 spiro atoms. The zero-order valence-corrected chi connectivity index (χ0v) is 19.2. The van der Waals surface area contributed by atoms with Crippen LogP contribution in [0.4, 0.5) is 19.1 Å². The summed E-state index contributed by atoms with van der Waals surface area (Å²) in [6.45, 7) is 4.82. The molecule has 1 amide bonds. The molecule has 2 aromatic carbocycles. The van der Waals surface area contributed by atoms with Crippen LogP contribution in [-0.2, 0) is 11.3 Å². The number of nitrogen functional groups attached to an aromatic ring is 1. The topological polar surface area (TPSA) is 123 Å². The second-order valence-corrected chi connectivity index (χ2v) is 7.75.